The van der Waals surface area contributed by atoms with Crippen LogP contribution in [0.25, 0.3) is 22.8 Å². The van der Waals surface area contributed by atoms with Crippen molar-refractivity contribution < 1.29 is 106 Å². The molecule has 13 N–H and O–H groups in total. The summed E-state index contributed by atoms with van der Waals surface area (Å²) < 4.78 is 5.21. The van der Waals surface area contributed by atoms with E-state index in [1.165, 1.54) is 19.4 Å². The smallest absolute Gasteiger partial charge is 1.00 e. The molecule has 1 saturated carbocycles. The number of imide groups is 1. The number of ether oxygens (including phenoxy) is 1. The van der Waals surface area contributed by atoms with E-state index in [1.807, 2.05) is 72.8 Å². The summed E-state index contributed by atoms with van der Waals surface area (Å²) >= 11 is 0.835. The van der Waals surface area contributed by atoms with Crippen LogP contribution in [0, 0.1) is 23.7 Å². The number of H-pyrrole nitrogens is 2. The van der Waals surface area contributed by atoms with Gasteiger partial charge in [0.2, 0.25) is 47.1 Å². The van der Waals surface area contributed by atoms with Gasteiger partial charge in [0.25, 0.3) is 0 Å². The maximum Gasteiger partial charge on any atom is 2.00 e. The molecular weight excluding hydrogens is 1510 g/mol. The van der Waals surface area contributed by atoms with Crippen LogP contribution in [0.5, 0.6) is 0 Å². The molecule has 11 atom stereocenters. The van der Waals surface area contributed by atoms with Gasteiger partial charge in [0.1, 0.15) is 36.4 Å². The van der Waals surface area contributed by atoms with Crippen molar-refractivity contribution in [3.8, 4) is 22.8 Å². The first-order valence-electron chi connectivity index (χ1n) is 32.5. The van der Waals surface area contributed by atoms with Crippen LogP contribution >= 0.6 is 11.8 Å². The molecule has 6 aromatic heterocycles. The molecule has 0 aromatic carbocycles. The number of carboxylic acids is 1. The van der Waals surface area contributed by atoms with Crippen molar-refractivity contribution >= 4 is 59.1 Å². The molecule has 3 aliphatic rings. The van der Waals surface area contributed by atoms with E-state index in [1.54, 1.807) is 65.0 Å². The first-order valence-corrected chi connectivity index (χ1v) is 33.5. The number of carbonyl (C=O) groups is 8. The van der Waals surface area contributed by atoms with Crippen LogP contribution in [0.4, 0.5) is 0 Å². The summed E-state index contributed by atoms with van der Waals surface area (Å²) in [5.41, 5.74) is 4.98. The second kappa shape index (κ2) is 41.0. The molecule has 2 saturated heterocycles. The molecule has 0 radical (unpaired) electrons. The molecule has 1 aliphatic carbocycles. The van der Waals surface area contributed by atoms with Crippen LogP contribution < -0.4 is 49.4 Å². The number of likely N-dealkylation sites (tertiary alicyclic amines) is 1. The van der Waals surface area contributed by atoms with Gasteiger partial charge in [-0.05, 0) is 105 Å². The maximum atomic E-state index is 14.1. The number of aliphatic carboxylic acids is 1. The molecular formula is C67H88ClN15O15OsS. The monoisotopic (exact) mass is 1600 g/mol. The van der Waals surface area contributed by atoms with Crippen molar-refractivity contribution in [1.82, 2.24) is 76.7 Å². The second-order valence-corrected chi connectivity index (χ2v) is 26.2. The first kappa shape index (κ1) is 82.6. The predicted octanol–water partition coefficient (Wildman–Crippen LogP) is -3.48. The third-order valence-electron chi connectivity index (χ3n) is 16.6. The Morgan fingerprint density at radius 2 is 1.21 bits per heavy atom. The van der Waals surface area contributed by atoms with E-state index in [0.717, 1.165) is 45.1 Å². The van der Waals surface area contributed by atoms with Gasteiger partial charge in [0.05, 0.1) is 78.0 Å². The van der Waals surface area contributed by atoms with Gasteiger partial charge in [-0.3, -0.25) is 58.4 Å². The number of thioether (sulfide) groups is 1. The van der Waals surface area contributed by atoms with Crippen LogP contribution in [0.1, 0.15) is 84.5 Å². The number of nitrogens with zero attached hydrogens (tertiary/aromatic N) is 7. The number of nitrogens with one attached hydrogen (secondary N) is 8. The number of pyridine rings is 4. The van der Waals surface area contributed by atoms with Crippen molar-refractivity contribution in [3.05, 3.63) is 134 Å². The number of amides is 7. The van der Waals surface area contributed by atoms with E-state index in [9.17, 15) is 69.0 Å². The van der Waals surface area contributed by atoms with Gasteiger partial charge >= 0.3 is 19.8 Å². The van der Waals surface area contributed by atoms with Crippen LogP contribution in [0.15, 0.2) is 123 Å². The number of aromatic amines is 2. The fraction of sp³-hybridized carbons (Fsp3) is 0.493. The average molecular weight is 1600 g/mol. The Morgan fingerprint density at radius 3 is 1.69 bits per heavy atom. The van der Waals surface area contributed by atoms with Crippen LogP contribution in [-0.2, 0) is 75.7 Å². The molecule has 542 valence electrons. The van der Waals surface area contributed by atoms with E-state index in [-0.39, 0.29) is 81.7 Å². The fourth-order valence-corrected chi connectivity index (χ4v) is 12.3. The summed E-state index contributed by atoms with van der Waals surface area (Å²) in [6.07, 6.45) is 9.00. The minimum absolute atomic E-state index is 0. The Hall–Kier alpha value is -8.02. The first-order chi connectivity index (χ1) is 46.9. The van der Waals surface area contributed by atoms with Gasteiger partial charge in [-0.1, -0.05) is 52.0 Å². The molecule has 100 heavy (non-hydrogen) atoms. The Labute approximate surface area is 602 Å². The van der Waals surface area contributed by atoms with Gasteiger partial charge < -0.3 is 94.4 Å². The standard InChI is InChI=1S/C47H73N11O15S.2C10H8N2.ClH.Os/c1-23(2)12-30(54-41(65)31(13-29-16-49-22-53-29)55-43(67)36(24(3)4)51-20-47(72)39(63)38(62)33(60)18-73-47)42(66)57-37(25(5)59)44(68)56-32(46(70)71)19-74-34-14-35(61)58(45(34)69)17-26-6-8-27(9-7-26)40(64)50-11-10-28-15-48-21-52-28;2*1-3-7-11-9(5-1)10-6-2-4-8-12-10;;/h15-16,21-27,30-34,36-39,51,59-60,62-63,72H,6-14,17-20H2,1-5H3,(H,48,52)(H,49,53)(H,50,64)(H,54,65)(H,55,67)(H,56,68)(H,57,66)(H,70,71);2*1-8H;1H;/q;;;;+2/p-2/t25?,26?,27?,30?,31?,32?,33-,34?,36?,37?,38-,39+,47?;;;;/m0..../s1. The van der Waals surface area contributed by atoms with Crippen LogP contribution in [-0.4, -0.2) is 215 Å². The molecule has 0 spiro atoms. The van der Waals surface area contributed by atoms with E-state index < -0.39 is 132 Å². The molecule has 0 bridgehead atoms. The molecule has 3 fully saturated rings. The quantitative estimate of drug-likeness (QED) is 0.0203. The van der Waals surface area contributed by atoms with Gasteiger partial charge in [0, 0.05) is 92.6 Å². The summed E-state index contributed by atoms with van der Waals surface area (Å²) in [7, 11) is 0. The third-order valence-corrected chi connectivity index (χ3v) is 17.9. The molecule has 6 aromatic rings. The van der Waals surface area contributed by atoms with E-state index in [4.69, 9.17) is 4.74 Å². The Morgan fingerprint density at radius 1 is 0.700 bits per heavy atom. The summed E-state index contributed by atoms with van der Waals surface area (Å²) in [5, 5.41) is 79.1. The second-order valence-electron chi connectivity index (χ2n) is 25.0. The van der Waals surface area contributed by atoms with Crippen molar-refractivity contribution in [2.45, 2.75) is 152 Å². The van der Waals surface area contributed by atoms with Crippen LogP contribution in [0.2, 0.25) is 0 Å². The number of halogens is 1. The Kier molecular flexibility index (Phi) is 33.9. The van der Waals surface area contributed by atoms with Gasteiger partial charge in [0.15, 0.2) is 0 Å². The number of rotatable bonds is 29. The predicted molar refractivity (Wildman–Crippen MR) is 355 cm³/mol. The summed E-state index contributed by atoms with van der Waals surface area (Å²) in [6, 6.07) is 15.8. The number of imidazole rings is 2. The van der Waals surface area contributed by atoms with Crippen molar-refractivity contribution in [2.24, 2.45) is 23.7 Å². The number of aromatic nitrogens is 8. The Bertz CT molecular complexity index is 3340. The number of hydrogen-bond acceptors (Lipinski definition) is 23. The third kappa shape index (κ3) is 24.9. The number of hydrogen-bond donors (Lipinski definition) is 13. The molecule has 8 unspecified atom stereocenters. The number of aliphatic hydroxyl groups is 5. The van der Waals surface area contributed by atoms with Crippen molar-refractivity contribution in [2.75, 3.05) is 32.0 Å². The Balaban J connectivity index is 0.000000571. The SMILES string of the molecule is CC(C)CC(NC(=O)C(Cc1cnc[nH]1)NC(=O)C(NCC1(O)OC[C@H](O)[C@H](O)[C@H]1O)C(C)C)C(=O)NC(C(=O)NC(CSC1CC(=O)N(CC2CCC(C(=O)NCCc3cnc[nH]3)CC2)C1=O)C(=O)[O-])C(C)O.[Cl-].[Os+2].c1ccc(-c2ccccn2)nc1.c1ccc(-c2ccccn2)nc1. The zero-order valence-electron chi connectivity index (χ0n) is 55.9. The maximum absolute atomic E-state index is 14.1. The molecule has 2 aliphatic heterocycles. The van der Waals surface area contributed by atoms with Crippen molar-refractivity contribution in [3.63, 3.8) is 0 Å². The number of carboxylic acid groups (broad SMARTS) is 1. The minimum Gasteiger partial charge on any atom is -1.00 e. The molecule has 8 heterocycles. The normalized spacial score (nSPS) is 21.3. The van der Waals surface area contributed by atoms with Gasteiger partial charge in [-0.2, -0.15) is 0 Å². The summed E-state index contributed by atoms with van der Waals surface area (Å²) in [4.78, 5) is 139. The molecule has 7 amide bonds. The zero-order valence-corrected chi connectivity index (χ0v) is 60.0. The van der Waals surface area contributed by atoms with E-state index >= 15 is 0 Å². The minimum atomic E-state index is -2.39. The van der Waals surface area contributed by atoms with E-state index in [2.05, 4.69) is 71.8 Å². The van der Waals surface area contributed by atoms with Crippen LogP contribution in [0.3, 0.4) is 0 Å². The summed E-state index contributed by atoms with van der Waals surface area (Å²) in [5.74, 6) is -10.2. The zero-order chi connectivity index (χ0) is 70.9. The fourth-order valence-electron chi connectivity index (χ4n) is 11.1. The van der Waals surface area contributed by atoms with E-state index in [0.29, 0.717) is 44.3 Å². The summed E-state index contributed by atoms with van der Waals surface area (Å²) in [6.45, 7) is 7.51. The molecule has 9 rings (SSSR count). The topological polar surface area (TPSA) is 454 Å². The largest absolute Gasteiger partial charge is 2.00 e. The van der Waals surface area contributed by atoms with Gasteiger partial charge in [-0.25, -0.2) is 9.97 Å². The average Bonchev–Trinajstić information content (AvgIpc) is 1.16. The van der Waals surface area contributed by atoms with Gasteiger partial charge in [-0.15, -0.1) is 11.8 Å². The van der Waals surface area contributed by atoms with Crippen molar-refractivity contribution in [1.29, 1.82) is 0 Å². The molecule has 30 nitrogen and oxygen atoms in total. The number of aliphatic hydroxyl groups excluding tert-OH is 4. The number of carbonyl (C=O) groups excluding carboxylic acids is 8. The molecule has 33 heteroatoms.